The normalized spacial score (nSPS) is 12.0. The van der Waals surface area contributed by atoms with E-state index in [1.807, 2.05) is 0 Å². The van der Waals surface area contributed by atoms with Gasteiger partial charge < -0.3 is 0 Å². The zero-order valence-corrected chi connectivity index (χ0v) is 9.36. The van der Waals surface area contributed by atoms with E-state index in [9.17, 15) is 0 Å². The summed E-state index contributed by atoms with van der Waals surface area (Å²) in [6.45, 7) is 7.01. The van der Waals surface area contributed by atoms with Gasteiger partial charge in [-0.1, -0.05) is 0 Å². The second kappa shape index (κ2) is 3.93. The molecule has 1 radical (unpaired) electrons. The molecule has 0 N–H and O–H groups in total. The quantitative estimate of drug-likeness (QED) is 0.666. The maximum atomic E-state index is 2.42. The van der Waals surface area contributed by atoms with Gasteiger partial charge in [-0.2, -0.15) is 0 Å². The second-order valence-corrected chi connectivity index (χ2v) is 14.1. The van der Waals surface area contributed by atoms with Crippen LogP contribution in [0.2, 0.25) is 18.1 Å². The van der Waals surface area contributed by atoms with Gasteiger partial charge >= 0.3 is 66.0 Å². The van der Waals surface area contributed by atoms with Gasteiger partial charge in [-0.15, -0.1) is 0 Å². The molecular weight excluding hydrogens is 228 g/mol. The molecule has 0 saturated carbocycles. The van der Waals surface area contributed by atoms with Crippen molar-refractivity contribution < 1.29 is 0 Å². The molecule has 0 heterocycles. The van der Waals surface area contributed by atoms with Crippen LogP contribution in [0.3, 0.4) is 0 Å². The van der Waals surface area contributed by atoms with Gasteiger partial charge in [0.2, 0.25) is 0 Å². The van der Waals surface area contributed by atoms with Gasteiger partial charge in [-0.25, -0.2) is 0 Å². The first kappa shape index (κ1) is 9.01. The third kappa shape index (κ3) is 2.52. The van der Waals surface area contributed by atoms with Gasteiger partial charge in [0.05, 0.1) is 0 Å². The molecule has 0 spiro atoms. The van der Waals surface area contributed by atoms with Crippen molar-refractivity contribution in [2.75, 3.05) is 0 Å². The fourth-order valence-corrected chi connectivity index (χ4v) is 2.25. The van der Waals surface area contributed by atoms with Crippen molar-refractivity contribution in [3.05, 3.63) is 0 Å². The summed E-state index contributed by atoms with van der Waals surface area (Å²) >= 11 is 2.42. The molecular formula is C6H15SiTe. The zero-order chi connectivity index (χ0) is 6.62. The van der Waals surface area contributed by atoms with E-state index in [1.165, 1.54) is 18.1 Å². The Labute approximate surface area is 66.1 Å². The van der Waals surface area contributed by atoms with Crippen LogP contribution in [0.5, 0.6) is 0 Å². The second-order valence-electron chi connectivity index (χ2n) is 2.24. The summed E-state index contributed by atoms with van der Waals surface area (Å²) in [6, 6.07) is 4.39. The molecule has 0 aliphatic carbocycles. The Hall–Kier alpha value is 1.01. The Morgan fingerprint density at radius 2 is 1.25 bits per heavy atom. The topological polar surface area (TPSA) is 0 Å². The van der Waals surface area contributed by atoms with E-state index in [0.717, 1.165) is 0 Å². The molecule has 0 fully saturated rings. The summed E-state index contributed by atoms with van der Waals surface area (Å²) in [5.41, 5.74) is -0.661. The first-order valence-corrected chi connectivity index (χ1v) is 9.41. The molecule has 0 aliphatic heterocycles. The van der Waals surface area contributed by atoms with E-state index in [2.05, 4.69) is 42.3 Å². The van der Waals surface area contributed by atoms with Crippen LogP contribution in [0.1, 0.15) is 20.8 Å². The first-order valence-electron chi connectivity index (χ1n) is 3.39. The van der Waals surface area contributed by atoms with Crippen LogP contribution in [0.25, 0.3) is 0 Å². The molecule has 0 bridgehead atoms. The molecule has 0 amide bonds. The minimum absolute atomic E-state index is 0.661. The molecule has 8 heavy (non-hydrogen) atoms. The molecule has 0 nitrogen and oxygen atoms in total. The van der Waals surface area contributed by atoms with E-state index in [1.54, 1.807) is 0 Å². The molecule has 0 saturated heterocycles. The third-order valence-corrected chi connectivity index (χ3v) is 13.2. The third-order valence-electron chi connectivity index (χ3n) is 1.93. The van der Waals surface area contributed by atoms with Crippen molar-refractivity contribution in [2.24, 2.45) is 0 Å². The first-order chi connectivity index (χ1) is 3.68. The van der Waals surface area contributed by atoms with Gasteiger partial charge in [0.1, 0.15) is 0 Å². The van der Waals surface area contributed by atoms with Crippen molar-refractivity contribution in [1.29, 1.82) is 0 Å². The summed E-state index contributed by atoms with van der Waals surface area (Å²) < 4.78 is 0. The van der Waals surface area contributed by atoms with Crippen LogP contribution in [-0.2, 0) is 0 Å². The molecule has 0 unspecified atom stereocenters. The standard InChI is InChI=1S/C6H15SiTe/c1-4-7(8,5-2)6-3/h4-6H2,1-3H3. The van der Waals surface area contributed by atoms with E-state index in [-0.39, 0.29) is 0 Å². The minimum atomic E-state index is -0.661. The predicted octanol–water partition coefficient (Wildman–Crippen LogP) is 2.16. The van der Waals surface area contributed by atoms with Crippen LogP contribution < -0.4 is 0 Å². The van der Waals surface area contributed by atoms with Crippen LogP contribution in [0, 0.1) is 0 Å². The van der Waals surface area contributed by atoms with Crippen molar-refractivity contribution in [3.8, 4) is 0 Å². The average Bonchev–Trinajstić information content (AvgIpc) is 1.87. The fraction of sp³-hybridized carbons (Fsp3) is 1.00. The van der Waals surface area contributed by atoms with Crippen LogP contribution in [0.4, 0.5) is 0 Å². The number of hydrogen-bond donors (Lipinski definition) is 0. The summed E-state index contributed by atoms with van der Waals surface area (Å²) in [5, 5.41) is 0. The molecule has 0 aliphatic rings. The average molecular weight is 243 g/mol. The zero-order valence-electron chi connectivity index (χ0n) is 6.03. The molecule has 2 heteroatoms. The van der Waals surface area contributed by atoms with Gasteiger partial charge in [-0.3, -0.25) is 0 Å². The summed E-state index contributed by atoms with van der Waals surface area (Å²) in [6.07, 6.45) is 0. The molecule has 0 atom stereocenters. The van der Waals surface area contributed by atoms with Gasteiger partial charge in [-0.05, 0) is 0 Å². The Balaban J connectivity index is 3.58. The Morgan fingerprint density at radius 3 is 1.25 bits per heavy atom. The predicted molar refractivity (Wildman–Crippen MR) is 43.0 cm³/mol. The number of rotatable bonds is 3. The Bertz CT molecular complexity index is 51.3. The van der Waals surface area contributed by atoms with Crippen molar-refractivity contribution in [1.82, 2.24) is 0 Å². The summed E-state index contributed by atoms with van der Waals surface area (Å²) in [5.74, 6) is 0. The molecule has 0 rings (SSSR count). The van der Waals surface area contributed by atoms with Crippen molar-refractivity contribution in [3.63, 3.8) is 0 Å². The molecule has 49 valence electrons. The van der Waals surface area contributed by atoms with Crippen molar-refractivity contribution >= 4 is 27.1 Å². The number of hydrogen-bond acceptors (Lipinski definition) is 0. The Morgan fingerprint density at radius 1 is 1.00 bits per heavy atom. The van der Waals surface area contributed by atoms with E-state index in [4.69, 9.17) is 0 Å². The summed E-state index contributed by atoms with van der Waals surface area (Å²) in [7, 11) is 0. The SMILES string of the molecule is CC[Si]([Te])(CC)CC. The van der Waals surface area contributed by atoms with Gasteiger partial charge in [0, 0.05) is 0 Å². The van der Waals surface area contributed by atoms with Gasteiger partial charge in [0.15, 0.2) is 0 Å². The van der Waals surface area contributed by atoms with Crippen LogP contribution in [0.15, 0.2) is 0 Å². The molecule has 0 aromatic heterocycles. The van der Waals surface area contributed by atoms with Crippen molar-refractivity contribution in [2.45, 2.75) is 38.9 Å². The summed E-state index contributed by atoms with van der Waals surface area (Å²) in [4.78, 5) is 0. The molecule has 0 aromatic rings. The van der Waals surface area contributed by atoms with Crippen LogP contribution >= 0.6 is 0 Å². The Kier molecular flexibility index (Phi) is 4.42. The van der Waals surface area contributed by atoms with Crippen LogP contribution in [-0.4, -0.2) is 27.1 Å². The van der Waals surface area contributed by atoms with E-state index >= 15 is 0 Å². The van der Waals surface area contributed by atoms with E-state index < -0.39 is 5.62 Å². The molecule has 0 aromatic carbocycles. The monoisotopic (exact) mass is 245 g/mol. The van der Waals surface area contributed by atoms with Gasteiger partial charge in [0.25, 0.3) is 0 Å². The van der Waals surface area contributed by atoms with E-state index in [0.29, 0.717) is 0 Å². The fourth-order valence-electron chi connectivity index (χ4n) is 0.750. The maximum absolute atomic E-state index is 2.42.